The third-order valence-electron chi connectivity index (χ3n) is 1.53. The Morgan fingerprint density at radius 2 is 1.58 bits per heavy atom. The summed E-state index contributed by atoms with van der Waals surface area (Å²) in [5, 5.41) is 0. The van der Waals surface area contributed by atoms with Gasteiger partial charge in [-0.3, -0.25) is 0 Å². The maximum Gasteiger partial charge on any atom is 0.0819 e. The van der Waals surface area contributed by atoms with Crippen molar-refractivity contribution in [3.63, 3.8) is 0 Å². The fourth-order valence-electron chi connectivity index (χ4n) is 0.863. The normalized spacial score (nSPS) is 12.0. The zero-order valence-corrected chi connectivity index (χ0v) is 9.85. The van der Waals surface area contributed by atoms with Gasteiger partial charge in [0.25, 0.3) is 0 Å². The van der Waals surface area contributed by atoms with Gasteiger partial charge >= 0.3 is 0 Å². The van der Waals surface area contributed by atoms with Gasteiger partial charge in [0.15, 0.2) is 0 Å². The molecule has 0 N–H and O–H groups in total. The molecule has 2 nitrogen and oxygen atoms in total. The topological polar surface area (TPSA) is 18.5 Å². The zero-order valence-electron chi connectivity index (χ0n) is 8.85. The van der Waals surface area contributed by atoms with Crippen molar-refractivity contribution in [2.75, 3.05) is 13.2 Å². The zero-order chi connectivity index (χ0) is 9.45. The van der Waals surface area contributed by atoms with E-state index in [-0.39, 0.29) is 0 Å². The van der Waals surface area contributed by atoms with Crippen molar-refractivity contribution >= 4 is 8.07 Å². The van der Waals surface area contributed by atoms with Gasteiger partial charge in [0, 0.05) is 8.07 Å². The SMILES string of the molecule is CCCOOCCC[Si](C)(C)C. The lowest BCUT2D eigenvalue weighted by Gasteiger charge is -2.14. The van der Waals surface area contributed by atoms with Gasteiger partial charge in [0.05, 0.1) is 13.2 Å². The summed E-state index contributed by atoms with van der Waals surface area (Å²) in [6.45, 7) is 10.7. The Kier molecular flexibility index (Phi) is 6.71. The molecule has 0 unspecified atom stereocenters. The second kappa shape index (κ2) is 6.63. The summed E-state index contributed by atoms with van der Waals surface area (Å²) in [6.07, 6.45) is 2.16. The summed E-state index contributed by atoms with van der Waals surface area (Å²) >= 11 is 0. The van der Waals surface area contributed by atoms with Gasteiger partial charge in [0.1, 0.15) is 0 Å². The Hall–Kier alpha value is 0.137. The lowest BCUT2D eigenvalue weighted by Crippen LogP contribution is -2.19. The van der Waals surface area contributed by atoms with Crippen LogP contribution in [0.3, 0.4) is 0 Å². The van der Waals surface area contributed by atoms with Crippen LogP contribution in [-0.2, 0) is 9.78 Å². The molecular formula is C9H22O2Si. The molecule has 0 saturated heterocycles. The van der Waals surface area contributed by atoms with Crippen LogP contribution in [0, 0.1) is 0 Å². The predicted molar refractivity (Wildman–Crippen MR) is 55.0 cm³/mol. The van der Waals surface area contributed by atoms with E-state index >= 15 is 0 Å². The lowest BCUT2D eigenvalue weighted by molar-refractivity contribution is -0.294. The molecule has 0 aliphatic heterocycles. The highest BCUT2D eigenvalue weighted by molar-refractivity contribution is 6.76. The molecule has 0 aromatic carbocycles. The Bertz CT molecular complexity index is 99.2. The molecule has 0 heterocycles. The van der Waals surface area contributed by atoms with E-state index < -0.39 is 8.07 Å². The fraction of sp³-hybridized carbons (Fsp3) is 1.00. The third-order valence-corrected chi connectivity index (χ3v) is 3.38. The molecule has 0 spiro atoms. The van der Waals surface area contributed by atoms with E-state index in [1.807, 2.05) is 0 Å². The van der Waals surface area contributed by atoms with Gasteiger partial charge in [-0.25, -0.2) is 9.78 Å². The first-order chi connectivity index (χ1) is 5.56. The molecule has 0 aromatic heterocycles. The van der Waals surface area contributed by atoms with Crippen LogP contribution in [0.4, 0.5) is 0 Å². The molecule has 0 radical (unpaired) electrons. The van der Waals surface area contributed by atoms with E-state index in [9.17, 15) is 0 Å². The molecule has 0 atom stereocenters. The molecule has 0 aliphatic carbocycles. The molecule has 0 aromatic rings. The van der Waals surface area contributed by atoms with Crippen LogP contribution < -0.4 is 0 Å². The third kappa shape index (κ3) is 10.1. The van der Waals surface area contributed by atoms with Crippen LogP contribution in [-0.4, -0.2) is 21.3 Å². The van der Waals surface area contributed by atoms with Crippen LogP contribution in [0.25, 0.3) is 0 Å². The Morgan fingerprint density at radius 3 is 2.08 bits per heavy atom. The van der Waals surface area contributed by atoms with Crippen molar-refractivity contribution in [3.05, 3.63) is 0 Å². The average Bonchev–Trinajstić information content (AvgIpc) is 1.94. The monoisotopic (exact) mass is 190 g/mol. The number of hydrogen-bond donors (Lipinski definition) is 0. The second-order valence-electron chi connectivity index (χ2n) is 4.31. The van der Waals surface area contributed by atoms with Crippen molar-refractivity contribution in [2.24, 2.45) is 0 Å². The second-order valence-corrected chi connectivity index (χ2v) is 9.93. The Morgan fingerprint density at radius 1 is 1.00 bits per heavy atom. The molecule has 74 valence electrons. The van der Waals surface area contributed by atoms with Crippen molar-refractivity contribution in [2.45, 2.75) is 45.5 Å². The van der Waals surface area contributed by atoms with Crippen LogP contribution in [0.1, 0.15) is 19.8 Å². The first kappa shape index (κ1) is 12.1. The lowest BCUT2D eigenvalue weighted by atomic mass is 10.5. The first-order valence-electron chi connectivity index (χ1n) is 4.80. The molecule has 0 rings (SSSR count). The van der Waals surface area contributed by atoms with Gasteiger partial charge in [0.2, 0.25) is 0 Å². The highest BCUT2D eigenvalue weighted by Crippen LogP contribution is 2.10. The highest BCUT2D eigenvalue weighted by atomic mass is 28.3. The summed E-state index contributed by atoms with van der Waals surface area (Å²) in [5.74, 6) is 0. The van der Waals surface area contributed by atoms with Gasteiger partial charge < -0.3 is 0 Å². The molecule has 0 amide bonds. The van der Waals surface area contributed by atoms with Crippen LogP contribution in [0.5, 0.6) is 0 Å². The quantitative estimate of drug-likeness (QED) is 0.266. The van der Waals surface area contributed by atoms with Gasteiger partial charge in [-0.15, -0.1) is 0 Å². The Balaban J connectivity index is 3.01. The largest absolute Gasteiger partial charge is 0.237 e. The molecule has 0 saturated carbocycles. The summed E-state index contributed by atoms with van der Waals surface area (Å²) < 4.78 is 0. The van der Waals surface area contributed by atoms with Crippen LogP contribution in [0.2, 0.25) is 25.7 Å². The maximum atomic E-state index is 4.99. The predicted octanol–water partition coefficient (Wildman–Crippen LogP) is 3.07. The average molecular weight is 190 g/mol. The highest BCUT2D eigenvalue weighted by Gasteiger charge is 2.11. The van der Waals surface area contributed by atoms with E-state index in [0.29, 0.717) is 6.61 Å². The minimum absolute atomic E-state index is 0.715. The van der Waals surface area contributed by atoms with E-state index in [4.69, 9.17) is 9.78 Å². The molecule has 0 bridgehead atoms. The molecule has 12 heavy (non-hydrogen) atoms. The van der Waals surface area contributed by atoms with Crippen LogP contribution >= 0.6 is 0 Å². The first-order valence-corrected chi connectivity index (χ1v) is 8.51. The minimum atomic E-state index is -0.861. The van der Waals surface area contributed by atoms with Crippen LogP contribution in [0.15, 0.2) is 0 Å². The number of rotatable bonds is 7. The fourth-order valence-corrected chi connectivity index (χ4v) is 2.07. The standard InChI is InChI=1S/C9H22O2Si/c1-5-7-10-11-8-6-9-12(2,3)4/h5-9H2,1-4H3. The molecule has 3 heteroatoms. The summed E-state index contributed by atoms with van der Waals surface area (Å²) in [5.41, 5.74) is 0. The number of hydrogen-bond acceptors (Lipinski definition) is 2. The van der Waals surface area contributed by atoms with E-state index in [1.165, 1.54) is 6.04 Å². The molecule has 0 fully saturated rings. The summed E-state index contributed by atoms with van der Waals surface area (Å²) in [7, 11) is -0.861. The maximum absolute atomic E-state index is 4.99. The van der Waals surface area contributed by atoms with E-state index in [2.05, 4.69) is 26.6 Å². The van der Waals surface area contributed by atoms with Crippen molar-refractivity contribution in [3.8, 4) is 0 Å². The summed E-state index contributed by atoms with van der Waals surface area (Å²) in [6, 6.07) is 1.32. The minimum Gasteiger partial charge on any atom is -0.237 e. The van der Waals surface area contributed by atoms with E-state index in [1.54, 1.807) is 0 Å². The Labute approximate surface area is 77.2 Å². The smallest absolute Gasteiger partial charge is 0.0819 e. The molecule has 0 aliphatic rings. The van der Waals surface area contributed by atoms with E-state index in [0.717, 1.165) is 19.4 Å². The van der Waals surface area contributed by atoms with Gasteiger partial charge in [-0.2, -0.15) is 0 Å². The van der Waals surface area contributed by atoms with Crippen molar-refractivity contribution in [1.29, 1.82) is 0 Å². The summed E-state index contributed by atoms with van der Waals surface area (Å²) in [4.78, 5) is 9.90. The molecular weight excluding hydrogens is 168 g/mol. The van der Waals surface area contributed by atoms with Gasteiger partial charge in [-0.1, -0.05) is 32.6 Å². The van der Waals surface area contributed by atoms with Crippen molar-refractivity contribution in [1.82, 2.24) is 0 Å². The van der Waals surface area contributed by atoms with Gasteiger partial charge in [-0.05, 0) is 12.8 Å². The van der Waals surface area contributed by atoms with Crippen molar-refractivity contribution < 1.29 is 9.78 Å².